The number of aromatic nitrogens is 2. The zero-order chi connectivity index (χ0) is 27.2. The van der Waals surface area contributed by atoms with Crippen LogP contribution in [0.2, 0.25) is 0 Å². The van der Waals surface area contributed by atoms with Gasteiger partial charge < -0.3 is 21.1 Å². The standard InChI is InChI=1S/C30H29N7O2/c31-19-24-18-25(37-13-11-36(12-14-37)15-16-38)8-9-27(24)34-30-33-20-23-5-2-6-26(29(23)35-30)22-4-1-3-21(17-22)7-10-28(32)39/h1-10,17-18,20,38H,11-16H2,(H2,32,39)(H,33,34,35). The summed E-state index contributed by atoms with van der Waals surface area (Å²) in [6, 6.07) is 21.8. The lowest BCUT2D eigenvalue weighted by Gasteiger charge is -2.36. The third kappa shape index (κ3) is 6.04. The van der Waals surface area contributed by atoms with Crippen molar-refractivity contribution < 1.29 is 9.90 Å². The number of aliphatic hydroxyl groups excluding tert-OH is 1. The molecule has 0 unspecified atom stereocenters. The number of aliphatic hydroxyl groups is 1. The first kappa shape index (κ1) is 25.9. The number of hydrogen-bond acceptors (Lipinski definition) is 8. The van der Waals surface area contributed by atoms with Crippen LogP contribution in [0.25, 0.3) is 28.1 Å². The number of para-hydroxylation sites is 1. The van der Waals surface area contributed by atoms with Crippen LogP contribution < -0.4 is 16.0 Å². The van der Waals surface area contributed by atoms with Gasteiger partial charge in [-0.3, -0.25) is 9.69 Å². The van der Waals surface area contributed by atoms with E-state index in [0.717, 1.165) is 59.5 Å². The molecule has 9 heteroatoms. The van der Waals surface area contributed by atoms with Crippen LogP contribution in [0.3, 0.4) is 0 Å². The second kappa shape index (κ2) is 11.7. The monoisotopic (exact) mass is 519 g/mol. The van der Waals surface area contributed by atoms with Crippen molar-refractivity contribution in [2.45, 2.75) is 0 Å². The summed E-state index contributed by atoms with van der Waals surface area (Å²) in [5.74, 6) is -0.110. The van der Waals surface area contributed by atoms with Gasteiger partial charge in [-0.15, -0.1) is 0 Å². The number of primary amides is 1. The van der Waals surface area contributed by atoms with E-state index < -0.39 is 5.91 Å². The van der Waals surface area contributed by atoms with Gasteiger partial charge in [0.1, 0.15) is 6.07 Å². The van der Waals surface area contributed by atoms with Crippen LogP contribution in [0.4, 0.5) is 17.3 Å². The Morgan fingerprint density at radius 1 is 1.10 bits per heavy atom. The van der Waals surface area contributed by atoms with Gasteiger partial charge in [-0.1, -0.05) is 36.4 Å². The van der Waals surface area contributed by atoms with Crippen molar-refractivity contribution in [1.29, 1.82) is 5.26 Å². The molecule has 2 heterocycles. The molecule has 1 aliphatic heterocycles. The van der Waals surface area contributed by atoms with Crippen molar-refractivity contribution in [2.75, 3.05) is 49.5 Å². The fourth-order valence-corrected chi connectivity index (χ4v) is 4.76. The van der Waals surface area contributed by atoms with Crippen molar-refractivity contribution >= 4 is 40.2 Å². The SMILES string of the molecule is N#Cc1cc(N2CCN(CCO)CC2)ccc1Nc1ncc2cccc(-c3cccc(C=CC(N)=O)c3)c2n1. The Hall–Kier alpha value is -4.78. The molecule has 4 aromatic rings. The molecule has 196 valence electrons. The number of benzene rings is 3. The molecule has 1 saturated heterocycles. The Labute approximate surface area is 226 Å². The number of anilines is 3. The quantitative estimate of drug-likeness (QED) is 0.301. The van der Waals surface area contributed by atoms with Crippen molar-refractivity contribution in [3.8, 4) is 17.2 Å². The molecule has 0 bridgehead atoms. The minimum atomic E-state index is -0.501. The number of amides is 1. The van der Waals surface area contributed by atoms with Gasteiger partial charge in [0.05, 0.1) is 23.4 Å². The van der Waals surface area contributed by atoms with E-state index >= 15 is 0 Å². The van der Waals surface area contributed by atoms with Crippen LogP contribution in [-0.2, 0) is 4.79 Å². The lowest BCUT2D eigenvalue weighted by atomic mass is 10.0. The lowest BCUT2D eigenvalue weighted by Crippen LogP contribution is -2.47. The molecule has 3 aromatic carbocycles. The van der Waals surface area contributed by atoms with Crippen molar-refractivity contribution in [3.05, 3.63) is 84.1 Å². The van der Waals surface area contributed by atoms with Crippen LogP contribution in [-0.4, -0.2) is 65.2 Å². The van der Waals surface area contributed by atoms with Gasteiger partial charge >= 0.3 is 0 Å². The van der Waals surface area contributed by atoms with Gasteiger partial charge in [-0.05, 0) is 41.5 Å². The Bertz CT molecular complexity index is 1570. The Morgan fingerprint density at radius 2 is 1.92 bits per heavy atom. The maximum atomic E-state index is 11.1. The third-order valence-corrected chi connectivity index (χ3v) is 6.77. The first-order chi connectivity index (χ1) is 19.0. The zero-order valence-electron chi connectivity index (χ0n) is 21.4. The summed E-state index contributed by atoms with van der Waals surface area (Å²) in [5.41, 5.74) is 10.9. The third-order valence-electron chi connectivity index (χ3n) is 6.77. The predicted molar refractivity (Wildman–Crippen MR) is 153 cm³/mol. The van der Waals surface area contributed by atoms with Gasteiger partial charge in [-0.2, -0.15) is 5.26 Å². The highest BCUT2D eigenvalue weighted by Crippen LogP contribution is 2.30. The first-order valence-electron chi connectivity index (χ1n) is 12.8. The number of nitrogens with one attached hydrogen (secondary N) is 1. The van der Waals surface area contributed by atoms with Gasteiger partial charge in [0.2, 0.25) is 11.9 Å². The summed E-state index contributed by atoms with van der Waals surface area (Å²) in [7, 11) is 0. The number of rotatable bonds is 8. The van der Waals surface area contributed by atoms with E-state index in [1.807, 2.05) is 60.7 Å². The number of carbonyl (C=O) groups is 1. The number of piperazine rings is 1. The van der Waals surface area contributed by atoms with E-state index in [1.165, 1.54) is 6.08 Å². The number of fused-ring (bicyclic) bond motifs is 1. The summed E-state index contributed by atoms with van der Waals surface area (Å²) < 4.78 is 0. The van der Waals surface area contributed by atoms with Gasteiger partial charge in [0.15, 0.2) is 0 Å². The Balaban J connectivity index is 1.41. The molecule has 0 aliphatic carbocycles. The molecule has 9 nitrogen and oxygen atoms in total. The molecule has 1 amide bonds. The van der Waals surface area contributed by atoms with Crippen LogP contribution in [0.15, 0.2) is 72.9 Å². The van der Waals surface area contributed by atoms with Crippen molar-refractivity contribution in [3.63, 3.8) is 0 Å². The zero-order valence-corrected chi connectivity index (χ0v) is 21.4. The van der Waals surface area contributed by atoms with E-state index in [4.69, 9.17) is 10.7 Å². The largest absolute Gasteiger partial charge is 0.395 e. The topological polar surface area (TPSA) is 131 Å². The molecule has 1 aromatic heterocycles. The Morgan fingerprint density at radius 3 is 2.69 bits per heavy atom. The highest BCUT2D eigenvalue weighted by atomic mass is 16.3. The number of nitrogens with two attached hydrogens (primary N) is 1. The number of β-amino-alcohol motifs (C(OH)–C–C–N with tert-alkyl or cyclic N) is 1. The minimum Gasteiger partial charge on any atom is -0.395 e. The molecule has 4 N–H and O–H groups in total. The van der Waals surface area contributed by atoms with Crippen LogP contribution >= 0.6 is 0 Å². The number of carbonyl (C=O) groups excluding carboxylic acids is 1. The maximum Gasteiger partial charge on any atom is 0.241 e. The molecule has 0 atom stereocenters. The minimum absolute atomic E-state index is 0.165. The average Bonchev–Trinajstić information content (AvgIpc) is 2.97. The number of hydrogen-bond donors (Lipinski definition) is 3. The maximum absolute atomic E-state index is 11.1. The summed E-state index contributed by atoms with van der Waals surface area (Å²) in [5, 5.41) is 23.2. The molecule has 0 spiro atoms. The second-order valence-electron chi connectivity index (χ2n) is 9.32. The lowest BCUT2D eigenvalue weighted by molar-refractivity contribution is -0.113. The number of nitriles is 1. The Kier molecular flexibility index (Phi) is 7.78. The molecule has 0 radical (unpaired) electrons. The smallest absolute Gasteiger partial charge is 0.241 e. The normalized spacial score (nSPS) is 14.0. The van der Waals surface area contributed by atoms with Crippen molar-refractivity contribution in [2.24, 2.45) is 5.73 Å². The molecular weight excluding hydrogens is 490 g/mol. The number of nitrogens with zero attached hydrogens (tertiary/aromatic N) is 5. The summed E-state index contributed by atoms with van der Waals surface area (Å²) in [4.78, 5) is 24.9. The fourth-order valence-electron chi connectivity index (χ4n) is 4.76. The summed E-state index contributed by atoms with van der Waals surface area (Å²) >= 11 is 0. The van der Waals surface area contributed by atoms with E-state index in [0.29, 0.717) is 23.7 Å². The molecule has 39 heavy (non-hydrogen) atoms. The molecule has 0 saturated carbocycles. The summed E-state index contributed by atoms with van der Waals surface area (Å²) in [6.07, 6.45) is 4.78. The first-order valence-corrected chi connectivity index (χ1v) is 12.8. The average molecular weight is 520 g/mol. The second-order valence-corrected chi connectivity index (χ2v) is 9.32. The van der Waals surface area contributed by atoms with Crippen LogP contribution in [0, 0.1) is 11.3 Å². The van der Waals surface area contributed by atoms with Crippen LogP contribution in [0.5, 0.6) is 0 Å². The van der Waals surface area contributed by atoms with E-state index in [-0.39, 0.29) is 6.61 Å². The summed E-state index contributed by atoms with van der Waals surface area (Å²) in [6.45, 7) is 4.28. The van der Waals surface area contributed by atoms with Gasteiger partial charge in [0, 0.05) is 61.6 Å². The fraction of sp³-hybridized carbons (Fsp3) is 0.200. The van der Waals surface area contributed by atoms with Gasteiger partial charge in [0.25, 0.3) is 0 Å². The predicted octanol–water partition coefficient (Wildman–Crippen LogP) is 3.52. The highest BCUT2D eigenvalue weighted by molar-refractivity contribution is 5.95. The van der Waals surface area contributed by atoms with Crippen molar-refractivity contribution in [1.82, 2.24) is 14.9 Å². The molecule has 5 rings (SSSR count). The molecule has 1 aliphatic rings. The van der Waals surface area contributed by atoms with Crippen LogP contribution in [0.1, 0.15) is 11.1 Å². The molecule has 1 fully saturated rings. The van der Waals surface area contributed by atoms with Gasteiger partial charge in [-0.25, -0.2) is 9.97 Å². The highest BCUT2D eigenvalue weighted by Gasteiger charge is 2.18. The molecular formula is C30H29N7O2. The van der Waals surface area contributed by atoms with E-state index in [1.54, 1.807) is 12.3 Å². The van der Waals surface area contributed by atoms with E-state index in [9.17, 15) is 15.2 Å². The van der Waals surface area contributed by atoms with E-state index in [2.05, 4.69) is 26.2 Å².